The Bertz CT molecular complexity index is 478. The van der Waals surface area contributed by atoms with E-state index in [1.165, 1.54) is 12.1 Å². The molecule has 0 aromatic heterocycles. The van der Waals surface area contributed by atoms with Crippen molar-refractivity contribution < 1.29 is 18.0 Å². The van der Waals surface area contributed by atoms with Gasteiger partial charge < -0.3 is 5.32 Å². The largest absolute Gasteiger partial charge is 0.416 e. The van der Waals surface area contributed by atoms with Crippen molar-refractivity contribution in [3.05, 3.63) is 35.4 Å². The minimum Gasteiger partial charge on any atom is -0.347 e. The molecule has 2 nitrogen and oxygen atoms in total. The number of benzene rings is 1. The van der Waals surface area contributed by atoms with Crippen molar-refractivity contribution in [2.45, 2.75) is 44.3 Å². The molecule has 1 aliphatic rings. The minimum atomic E-state index is -4.39. The van der Waals surface area contributed by atoms with Crippen molar-refractivity contribution in [2.75, 3.05) is 0 Å². The Hall–Kier alpha value is -1.52. The normalized spacial score (nSPS) is 17.1. The highest BCUT2D eigenvalue weighted by Gasteiger charge is 2.50. The predicted octanol–water partition coefficient (Wildman–Crippen LogP) is 3.61. The zero-order valence-electron chi connectivity index (χ0n) is 10.7. The molecule has 0 spiro atoms. The Morgan fingerprint density at radius 3 is 2.47 bits per heavy atom. The molecule has 0 aliphatic heterocycles. The molecule has 5 heteroatoms. The van der Waals surface area contributed by atoms with Gasteiger partial charge in [-0.2, -0.15) is 13.2 Å². The van der Waals surface area contributed by atoms with Gasteiger partial charge in [0.2, 0.25) is 5.91 Å². The van der Waals surface area contributed by atoms with Crippen molar-refractivity contribution >= 4 is 5.91 Å². The fourth-order valence-corrected chi connectivity index (χ4v) is 2.29. The SMILES string of the molecule is CCCC(=O)NC1(c2ccccc2C(F)(F)F)CC1. The Balaban J connectivity index is 2.29. The topological polar surface area (TPSA) is 29.1 Å². The van der Waals surface area contributed by atoms with Crippen LogP contribution in [0.25, 0.3) is 0 Å². The lowest BCUT2D eigenvalue weighted by molar-refractivity contribution is -0.139. The maximum absolute atomic E-state index is 13.0. The highest BCUT2D eigenvalue weighted by molar-refractivity contribution is 5.77. The molecule has 19 heavy (non-hydrogen) atoms. The second-order valence-corrected chi connectivity index (χ2v) is 4.92. The summed E-state index contributed by atoms with van der Waals surface area (Å²) < 4.78 is 38.9. The smallest absolute Gasteiger partial charge is 0.347 e. The van der Waals surface area contributed by atoms with Crippen LogP contribution in [-0.4, -0.2) is 5.91 Å². The molecule has 0 saturated heterocycles. The molecule has 1 fully saturated rings. The fourth-order valence-electron chi connectivity index (χ4n) is 2.29. The van der Waals surface area contributed by atoms with Crippen LogP contribution in [0.1, 0.15) is 43.7 Å². The standard InChI is InChI=1S/C14H16F3NO/c1-2-5-12(19)18-13(8-9-13)10-6-3-4-7-11(10)14(15,16)17/h3-4,6-7H,2,5,8-9H2,1H3,(H,18,19). The third kappa shape index (κ3) is 2.91. The van der Waals surface area contributed by atoms with E-state index in [1.54, 1.807) is 6.07 Å². The van der Waals surface area contributed by atoms with Gasteiger partial charge in [0.15, 0.2) is 0 Å². The van der Waals surface area contributed by atoms with E-state index in [4.69, 9.17) is 0 Å². The molecule has 0 atom stereocenters. The van der Waals surface area contributed by atoms with Crippen LogP contribution >= 0.6 is 0 Å². The van der Waals surface area contributed by atoms with Crippen molar-refractivity contribution in [3.8, 4) is 0 Å². The zero-order chi connectivity index (χ0) is 14.1. The number of amides is 1. The molecule has 0 radical (unpaired) electrons. The third-order valence-electron chi connectivity index (χ3n) is 3.35. The molecule has 1 N–H and O–H groups in total. The summed E-state index contributed by atoms with van der Waals surface area (Å²) in [5.41, 5.74) is -1.27. The lowest BCUT2D eigenvalue weighted by Crippen LogP contribution is -2.36. The van der Waals surface area contributed by atoms with Crippen molar-refractivity contribution in [2.24, 2.45) is 0 Å². The van der Waals surface area contributed by atoms with Crippen molar-refractivity contribution in [1.82, 2.24) is 5.32 Å². The van der Waals surface area contributed by atoms with Crippen molar-refractivity contribution in [3.63, 3.8) is 0 Å². The summed E-state index contributed by atoms with van der Waals surface area (Å²) in [7, 11) is 0. The first-order valence-corrected chi connectivity index (χ1v) is 6.37. The van der Waals surface area contributed by atoms with Gasteiger partial charge in [0.05, 0.1) is 11.1 Å². The molecule has 1 aromatic carbocycles. The Labute approximate surface area is 110 Å². The Kier molecular flexibility index (Phi) is 3.56. The number of halogens is 3. The van der Waals surface area contributed by atoms with Gasteiger partial charge in [-0.05, 0) is 30.9 Å². The van der Waals surface area contributed by atoms with Crippen molar-refractivity contribution in [1.29, 1.82) is 0 Å². The van der Waals surface area contributed by atoms with Crippen LogP contribution in [0.4, 0.5) is 13.2 Å². The molecule has 2 rings (SSSR count). The van der Waals surface area contributed by atoms with E-state index in [9.17, 15) is 18.0 Å². The monoisotopic (exact) mass is 271 g/mol. The second kappa shape index (κ2) is 4.87. The number of rotatable bonds is 4. The quantitative estimate of drug-likeness (QED) is 0.890. The molecule has 1 amide bonds. The number of carbonyl (C=O) groups excluding carboxylic acids is 1. The van der Waals surface area contributed by atoms with Crippen LogP contribution in [0.15, 0.2) is 24.3 Å². The molecule has 1 aromatic rings. The Morgan fingerprint density at radius 1 is 1.32 bits per heavy atom. The lowest BCUT2D eigenvalue weighted by atomic mass is 9.97. The molecule has 0 unspecified atom stereocenters. The van der Waals surface area contributed by atoms with Gasteiger partial charge in [-0.1, -0.05) is 25.1 Å². The molecule has 0 heterocycles. The van der Waals surface area contributed by atoms with Gasteiger partial charge in [0, 0.05) is 6.42 Å². The maximum atomic E-state index is 13.0. The molecular formula is C14H16F3NO. The van der Waals surface area contributed by atoms with E-state index in [0.29, 0.717) is 25.7 Å². The third-order valence-corrected chi connectivity index (χ3v) is 3.35. The summed E-state index contributed by atoms with van der Waals surface area (Å²) in [4.78, 5) is 11.6. The van der Waals surface area contributed by atoms with Crippen LogP contribution in [-0.2, 0) is 16.5 Å². The molecule has 1 aliphatic carbocycles. The van der Waals surface area contributed by atoms with Gasteiger partial charge in [0.25, 0.3) is 0 Å². The highest BCUT2D eigenvalue weighted by atomic mass is 19.4. The van der Waals surface area contributed by atoms with E-state index in [1.807, 2.05) is 6.92 Å². The summed E-state index contributed by atoms with van der Waals surface area (Å²) in [6.45, 7) is 1.86. The summed E-state index contributed by atoms with van der Waals surface area (Å²) in [6.07, 6.45) is -2.23. The number of hydrogen-bond donors (Lipinski definition) is 1. The summed E-state index contributed by atoms with van der Waals surface area (Å²) in [5.74, 6) is -0.183. The first-order valence-electron chi connectivity index (χ1n) is 6.37. The van der Waals surface area contributed by atoms with Gasteiger partial charge in [-0.15, -0.1) is 0 Å². The first kappa shape index (κ1) is 13.9. The van der Waals surface area contributed by atoms with E-state index in [-0.39, 0.29) is 11.5 Å². The summed E-state index contributed by atoms with van der Waals surface area (Å²) in [5, 5.41) is 2.76. The average Bonchev–Trinajstić information content (AvgIpc) is 3.09. The zero-order valence-corrected chi connectivity index (χ0v) is 10.7. The fraction of sp³-hybridized carbons (Fsp3) is 0.500. The van der Waals surface area contributed by atoms with Crippen LogP contribution in [0.3, 0.4) is 0 Å². The van der Waals surface area contributed by atoms with E-state index in [2.05, 4.69) is 5.32 Å². The van der Waals surface area contributed by atoms with Gasteiger partial charge in [-0.3, -0.25) is 4.79 Å². The predicted molar refractivity (Wildman–Crippen MR) is 65.4 cm³/mol. The van der Waals surface area contributed by atoms with Gasteiger partial charge >= 0.3 is 6.18 Å². The number of nitrogens with one attached hydrogen (secondary N) is 1. The number of carbonyl (C=O) groups is 1. The molecule has 0 bridgehead atoms. The summed E-state index contributed by atoms with van der Waals surface area (Å²) in [6, 6.07) is 5.48. The minimum absolute atomic E-state index is 0.183. The molecular weight excluding hydrogens is 255 g/mol. The first-order chi connectivity index (χ1) is 8.89. The molecule has 1 saturated carbocycles. The number of alkyl halides is 3. The highest BCUT2D eigenvalue weighted by Crippen LogP contribution is 2.49. The van der Waals surface area contributed by atoms with Crippen LogP contribution in [0.5, 0.6) is 0 Å². The van der Waals surface area contributed by atoms with Crippen LogP contribution in [0.2, 0.25) is 0 Å². The maximum Gasteiger partial charge on any atom is 0.416 e. The van der Waals surface area contributed by atoms with E-state index >= 15 is 0 Å². The molecule has 104 valence electrons. The van der Waals surface area contributed by atoms with Crippen LogP contribution in [0, 0.1) is 0 Å². The lowest BCUT2D eigenvalue weighted by Gasteiger charge is -2.22. The number of hydrogen-bond acceptors (Lipinski definition) is 1. The van der Waals surface area contributed by atoms with E-state index in [0.717, 1.165) is 6.07 Å². The Morgan fingerprint density at radius 2 is 1.95 bits per heavy atom. The van der Waals surface area contributed by atoms with Gasteiger partial charge in [-0.25, -0.2) is 0 Å². The summed E-state index contributed by atoms with van der Waals surface area (Å²) >= 11 is 0. The second-order valence-electron chi connectivity index (χ2n) is 4.92. The van der Waals surface area contributed by atoms with Crippen LogP contribution < -0.4 is 5.32 Å². The van der Waals surface area contributed by atoms with Gasteiger partial charge in [0.1, 0.15) is 0 Å². The van der Waals surface area contributed by atoms with E-state index < -0.39 is 17.3 Å². The average molecular weight is 271 g/mol.